The molecule has 20 heavy (non-hydrogen) atoms. The average molecular weight is 279 g/mol. The van der Waals surface area contributed by atoms with E-state index in [0.29, 0.717) is 19.4 Å². The molecule has 0 radical (unpaired) electrons. The van der Waals surface area contributed by atoms with Crippen LogP contribution in [0.4, 0.5) is 4.79 Å². The molecule has 4 amide bonds. The summed E-state index contributed by atoms with van der Waals surface area (Å²) in [7, 11) is 2.01. The second kappa shape index (κ2) is 4.84. The molecule has 2 saturated heterocycles. The van der Waals surface area contributed by atoms with Gasteiger partial charge in [-0.25, -0.2) is 4.79 Å². The SMILES string of the molecule is CN1CCCC1CN1C(=O)NC(=O)C2(CCCC2)C1=O. The number of hydrogen-bond acceptors (Lipinski definition) is 4. The quantitative estimate of drug-likeness (QED) is 0.756. The van der Waals surface area contributed by atoms with Gasteiger partial charge in [-0.1, -0.05) is 12.8 Å². The van der Waals surface area contributed by atoms with Crippen molar-refractivity contribution in [3.8, 4) is 0 Å². The number of barbiturate groups is 1. The molecule has 2 heterocycles. The second-order valence-electron chi connectivity index (χ2n) is 6.24. The van der Waals surface area contributed by atoms with Crippen molar-refractivity contribution < 1.29 is 14.4 Å². The van der Waals surface area contributed by atoms with Crippen molar-refractivity contribution in [2.24, 2.45) is 5.41 Å². The number of likely N-dealkylation sites (tertiary alicyclic amines) is 1. The summed E-state index contributed by atoms with van der Waals surface area (Å²) in [5.41, 5.74) is -0.967. The molecule has 3 fully saturated rings. The zero-order valence-electron chi connectivity index (χ0n) is 11.9. The standard InChI is InChI=1S/C14H21N3O3/c1-16-8-4-5-10(16)9-17-12(19)14(6-2-3-7-14)11(18)15-13(17)20/h10H,2-9H2,1H3,(H,15,18,20). The number of carbonyl (C=O) groups is 3. The summed E-state index contributed by atoms with van der Waals surface area (Å²) in [5.74, 6) is -0.662. The lowest BCUT2D eigenvalue weighted by atomic mass is 9.82. The normalized spacial score (nSPS) is 30.4. The minimum absolute atomic E-state index is 0.219. The van der Waals surface area contributed by atoms with Crippen LogP contribution in [0.2, 0.25) is 0 Å². The molecular formula is C14H21N3O3. The summed E-state index contributed by atoms with van der Waals surface area (Å²) >= 11 is 0. The maximum absolute atomic E-state index is 12.7. The predicted octanol–water partition coefficient (Wildman–Crippen LogP) is 0.719. The fourth-order valence-electron chi connectivity index (χ4n) is 3.74. The van der Waals surface area contributed by atoms with Crippen molar-refractivity contribution in [1.82, 2.24) is 15.1 Å². The lowest BCUT2D eigenvalue weighted by Gasteiger charge is -2.38. The van der Waals surface area contributed by atoms with Gasteiger partial charge < -0.3 is 4.90 Å². The van der Waals surface area contributed by atoms with E-state index < -0.39 is 11.4 Å². The Labute approximate surface area is 118 Å². The van der Waals surface area contributed by atoms with Crippen LogP contribution >= 0.6 is 0 Å². The van der Waals surface area contributed by atoms with Gasteiger partial charge in [-0.2, -0.15) is 0 Å². The van der Waals surface area contributed by atoms with E-state index in [-0.39, 0.29) is 17.9 Å². The molecule has 110 valence electrons. The molecule has 6 nitrogen and oxygen atoms in total. The Morgan fingerprint density at radius 3 is 2.50 bits per heavy atom. The van der Waals surface area contributed by atoms with Gasteiger partial charge in [0, 0.05) is 12.6 Å². The summed E-state index contributed by atoms with van der Waals surface area (Å²) in [6.07, 6.45) is 4.99. The minimum atomic E-state index is -0.967. The highest BCUT2D eigenvalue weighted by atomic mass is 16.2. The monoisotopic (exact) mass is 279 g/mol. The highest BCUT2D eigenvalue weighted by Gasteiger charge is 2.55. The Morgan fingerprint density at radius 2 is 1.90 bits per heavy atom. The van der Waals surface area contributed by atoms with Crippen LogP contribution in [0.5, 0.6) is 0 Å². The van der Waals surface area contributed by atoms with Crippen molar-refractivity contribution in [3.05, 3.63) is 0 Å². The first-order valence-electron chi connectivity index (χ1n) is 7.42. The molecule has 3 rings (SSSR count). The number of nitrogens with zero attached hydrogens (tertiary/aromatic N) is 2. The number of imide groups is 2. The molecule has 2 aliphatic heterocycles. The molecule has 1 spiro atoms. The molecular weight excluding hydrogens is 258 g/mol. The van der Waals surface area contributed by atoms with Gasteiger partial charge in [-0.05, 0) is 39.3 Å². The molecule has 1 atom stereocenters. The molecule has 1 N–H and O–H groups in total. The fraction of sp³-hybridized carbons (Fsp3) is 0.786. The van der Waals surface area contributed by atoms with E-state index >= 15 is 0 Å². The lowest BCUT2D eigenvalue weighted by molar-refractivity contribution is -0.151. The van der Waals surface area contributed by atoms with Gasteiger partial charge in [0.2, 0.25) is 11.8 Å². The van der Waals surface area contributed by atoms with Gasteiger partial charge in [0.15, 0.2) is 0 Å². The third-order valence-corrected chi connectivity index (χ3v) is 5.08. The largest absolute Gasteiger partial charge is 0.330 e. The van der Waals surface area contributed by atoms with E-state index in [0.717, 1.165) is 32.2 Å². The highest BCUT2D eigenvalue weighted by molar-refractivity contribution is 6.19. The Bertz CT molecular complexity index is 457. The lowest BCUT2D eigenvalue weighted by Crippen LogP contribution is -2.64. The minimum Gasteiger partial charge on any atom is -0.302 e. The van der Waals surface area contributed by atoms with Crippen LogP contribution in [0.1, 0.15) is 38.5 Å². The maximum atomic E-state index is 12.7. The van der Waals surface area contributed by atoms with Crippen LogP contribution in [0.25, 0.3) is 0 Å². The smallest absolute Gasteiger partial charge is 0.302 e. The molecule has 6 heteroatoms. The summed E-state index contributed by atoms with van der Waals surface area (Å²) in [4.78, 5) is 40.2. The average Bonchev–Trinajstić information content (AvgIpc) is 3.03. The Kier molecular flexibility index (Phi) is 3.28. The first-order valence-corrected chi connectivity index (χ1v) is 7.42. The molecule has 0 aromatic carbocycles. The topological polar surface area (TPSA) is 69.7 Å². The van der Waals surface area contributed by atoms with Crippen molar-refractivity contribution in [1.29, 1.82) is 0 Å². The molecule has 0 aromatic rings. The third-order valence-electron chi connectivity index (χ3n) is 5.08. The first kappa shape index (κ1) is 13.5. The van der Waals surface area contributed by atoms with E-state index in [2.05, 4.69) is 10.2 Å². The van der Waals surface area contributed by atoms with E-state index in [4.69, 9.17) is 0 Å². The zero-order valence-corrected chi connectivity index (χ0v) is 11.9. The number of hydrogen-bond donors (Lipinski definition) is 1. The van der Waals surface area contributed by atoms with Crippen LogP contribution < -0.4 is 5.32 Å². The van der Waals surface area contributed by atoms with Crippen molar-refractivity contribution in [2.75, 3.05) is 20.1 Å². The summed E-state index contributed by atoms with van der Waals surface area (Å²) < 4.78 is 0. The van der Waals surface area contributed by atoms with Gasteiger partial charge in [-0.3, -0.25) is 19.8 Å². The Morgan fingerprint density at radius 1 is 1.20 bits per heavy atom. The zero-order chi connectivity index (χ0) is 14.3. The highest BCUT2D eigenvalue weighted by Crippen LogP contribution is 2.41. The van der Waals surface area contributed by atoms with Crippen molar-refractivity contribution in [3.63, 3.8) is 0 Å². The number of amides is 4. The number of urea groups is 1. The molecule has 0 bridgehead atoms. The summed E-state index contributed by atoms with van der Waals surface area (Å²) in [5, 5.41) is 2.39. The third kappa shape index (κ3) is 1.93. The Hall–Kier alpha value is -1.43. The number of rotatable bonds is 2. The molecule has 1 aliphatic carbocycles. The number of carbonyl (C=O) groups excluding carboxylic acids is 3. The van der Waals surface area contributed by atoms with E-state index in [9.17, 15) is 14.4 Å². The molecule has 1 saturated carbocycles. The number of nitrogens with one attached hydrogen (secondary N) is 1. The van der Waals surface area contributed by atoms with E-state index in [1.54, 1.807) is 0 Å². The van der Waals surface area contributed by atoms with Crippen LogP contribution in [0, 0.1) is 5.41 Å². The van der Waals surface area contributed by atoms with Gasteiger partial charge in [0.05, 0.1) is 0 Å². The molecule has 0 aromatic heterocycles. The second-order valence-corrected chi connectivity index (χ2v) is 6.24. The van der Waals surface area contributed by atoms with Crippen molar-refractivity contribution in [2.45, 2.75) is 44.6 Å². The maximum Gasteiger partial charge on any atom is 0.330 e. The van der Waals surface area contributed by atoms with Gasteiger partial charge in [0.1, 0.15) is 5.41 Å². The van der Waals surface area contributed by atoms with E-state index in [1.807, 2.05) is 7.05 Å². The van der Waals surface area contributed by atoms with Crippen molar-refractivity contribution >= 4 is 17.8 Å². The summed E-state index contributed by atoms with van der Waals surface area (Å²) in [6, 6.07) is -0.325. The van der Waals surface area contributed by atoms with Crippen LogP contribution in [0.3, 0.4) is 0 Å². The molecule has 1 unspecified atom stereocenters. The first-order chi connectivity index (χ1) is 9.54. The van der Waals surface area contributed by atoms with Crippen LogP contribution in [-0.4, -0.2) is 53.8 Å². The predicted molar refractivity (Wildman–Crippen MR) is 71.8 cm³/mol. The van der Waals surface area contributed by atoms with Crippen LogP contribution in [-0.2, 0) is 9.59 Å². The van der Waals surface area contributed by atoms with Gasteiger partial charge >= 0.3 is 6.03 Å². The Balaban J connectivity index is 1.81. The fourth-order valence-corrected chi connectivity index (χ4v) is 3.74. The van der Waals surface area contributed by atoms with Gasteiger partial charge in [0.25, 0.3) is 0 Å². The molecule has 3 aliphatic rings. The number of likely N-dealkylation sites (N-methyl/N-ethyl adjacent to an activating group) is 1. The van der Waals surface area contributed by atoms with Crippen LogP contribution in [0.15, 0.2) is 0 Å². The summed E-state index contributed by atoms with van der Waals surface area (Å²) in [6.45, 7) is 1.40. The van der Waals surface area contributed by atoms with Gasteiger partial charge in [-0.15, -0.1) is 0 Å². The van der Waals surface area contributed by atoms with E-state index in [1.165, 1.54) is 4.90 Å².